The Bertz CT molecular complexity index is 1070. The molecule has 168 valence electrons. The topological polar surface area (TPSA) is 59.6 Å². The summed E-state index contributed by atoms with van der Waals surface area (Å²) in [6, 6.07) is 18.7. The zero-order chi connectivity index (χ0) is 23.1. The van der Waals surface area contributed by atoms with Gasteiger partial charge < -0.3 is 20.1 Å². The van der Waals surface area contributed by atoms with E-state index in [4.69, 9.17) is 32.7 Å². The Kier molecular flexibility index (Phi) is 8.26. The van der Waals surface area contributed by atoms with E-state index in [2.05, 4.69) is 10.6 Å². The third kappa shape index (κ3) is 6.55. The fraction of sp³-hybridized carbons (Fsp3) is 0.240. The highest BCUT2D eigenvalue weighted by Gasteiger charge is 2.09. The van der Waals surface area contributed by atoms with Crippen molar-refractivity contribution in [3.05, 3.63) is 81.8 Å². The molecule has 2 N–H and O–H groups in total. The Morgan fingerprint density at radius 1 is 0.938 bits per heavy atom. The van der Waals surface area contributed by atoms with Crippen LogP contribution in [-0.4, -0.2) is 13.0 Å². The minimum Gasteiger partial charge on any atom is -0.493 e. The van der Waals surface area contributed by atoms with E-state index in [-0.39, 0.29) is 11.8 Å². The van der Waals surface area contributed by atoms with Crippen molar-refractivity contribution in [2.45, 2.75) is 27.0 Å². The molecule has 0 unspecified atom stereocenters. The number of carbonyl (C=O) groups excluding carboxylic acids is 1. The van der Waals surface area contributed by atoms with Gasteiger partial charge in [0.15, 0.2) is 11.5 Å². The summed E-state index contributed by atoms with van der Waals surface area (Å²) in [7, 11) is 1.61. The first-order valence-corrected chi connectivity index (χ1v) is 11.0. The minimum absolute atomic E-state index is 0.00144. The molecule has 0 atom stereocenters. The van der Waals surface area contributed by atoms with E-state index in [1.54, 1.807) is 19.2 Å². The molecule has 3 rings (SSSR count). The Balaban J connectivity index is 1.59. The highest BCUT2D eigenvalue weighted by Crippen LogP contribution is 2.30. The maximum Gasteiger partial charge on any atom is 0.226 e. The molecule has 0 saturated carbocycles. The second kappa shape index (κ2) is 11.1. The maximum absolute atomic E-state index is 11.8. The molecule has 32 heavy (non-hydrogen) atoms. The second-order valence-electron chi connectivity index (χ2n) is 7.58. The van der Waals surface area contributed by atoms with Crippen LogP contribution >= 0.6 is 23.2 Å². The summed E-state index contributed by atoms with van der Waals surface area (Å²) in [4.78, 5) is 11.8. The highest BCUT2D eigenvalue weighted by atomic mass is 35.5. The predicted molar refractivity (Wildman–Crippen MR) is 131 cm³/mol. The van der Waals surface area contributed by atoms with Crippen LogP contribution in [0, 0.1) is 5.92 Å². The van der Waals surface area contributed by atoms with Crippen LogP contribution in [0.2, 0.25) is 10.0 Å². The summed E-state index contributed by atoms with van der Waals surface area (Å²) in [5.41, 5.74) is 3.61. The third-order valence-electron chi connectivity index (χ3n) is 4.80. The first-order chi connectivity index (χ1) is 15.4. The number of anilines is 2. The predicted octanol–water partition coefficient (Wildman–Crippen LogP) is 6.79. The SMILES string of the molecule is COc1cc(CNc2ccc(NC(=O)C(C)C)cc2)ccc1OCc1ccc(Cl)cc1Cl. The molecule has 0 aromatic heterocycles. The van der Waals surface area contributed by atoms with Crippen molar-refractivity contribution in [3.8, 4) is 11.5 Å². The van der Waals surface area contributed by atoms with Gasteiger partial charge in [0.05, 0.1) is 7.11 Å². The van der Waals surface area contributed by atoms with E-state index in [9.17, 15) is 4.79 Å². The van der Waals surface area contributed by atoms with Gasteiger partial charge in [-0.2, -0.15) is 0 Å². The van der Waals surface area contributed by atoms with Crippen molar-refractivity contribution in [2.75, 3.05) is 17.7 Å². The molecular formula is C25H26Cl2N2O3. The van der Waals surface area contributed by atoms with Crippen molar-refractivity contribution in [1.82, 2.24) is 0 Å². The van der Waals surface area contributed by atoms with Gasteiger partial charge in [0.25, 0.3) is 0 Å². The number of rotatable bonds is 9. The van der Waals surface area contributed by atoms with Gasteiger partial charge in [-0.25, -0.2) is 0 Å². The number of amides is 1. The molecule has 3 aromatic rings. The lowest BCUT2D eigenvalue weighted by Gasteiger charge is -2.14. The molecule has 1 amide bonds. The second-order valence-corrected chi connectivity index (χ2v) is 8.43. The lowest BCUT2D eigenvalue weighted by molar-refractivity contribution is -0.118. The average molecular weight is 473 g/mol. The number of methoxy groups -OCH3 is 1. The summed E-state index contributed by atoms with van der Waals surface area (Å²) in [6.07, 6.45) is 0. The number of ether oxygens (including phenoxy) is 2. The zero-order valence-corrected chi connectivity index (χ0v) is 19.8. The third-order valence-corrected chi connectivity index (χ3v) is 5.39. The van der Waals surface area contributed by atoms with Crippen LogP contribution in [-0.2, 0) is 17.9 Å². The van der Waals surface area contributed by atoms with E-state index >= 15 is 0 Å². The van der Waals surface area contributed by atoms with E-state index in [0.29, 0.717) is 34.7 Å². The van der Waals surface area contributed by atoms with Crippen LogP contribution in [0.1, 0.15) is 25.0 Å². The van der Waals surface area contributed by atoms with E-state index < -0.39 is 0 Å². The average Bonchev–Trinajstić information content (AvgIpc) is 2.78. The summed E-state index contributed by atoms with van der Waals surface area (Å²) in [5.74, 6) is 1.21. The molecule has 5 nitrogen and oxygen atoms in total. The van der Waals surface area contributed by atoms with Crippen LogP contribution in [0.3, 0.4) is 0 Å². The minimum atomic E-state index is -0.0575. The van der Waals surface area contributed by atoms with E-state index in [1.165, 1.54) is 0 Å². The molecule has 0 aliphatic heterocycles. The van der Waals surface area contributed by atoms with Gasteiger partial charge in [-0.05, 0) is 54.1 Å². The molecule has 0 heterocycles. The van der Waals surface area contributed by atoms with Crippen molar-refractivity contribution in [2.24, 2.45) is 5.92 Å². The van der Waals surface area contributed by atoms with Gasteiger partial charge in [-0.15, -0.1) is 0 Å². The van der Waals surface area contributed by atoms with Gasteiger partial charge in [-0.1, -0.05) is 49.2 Å². The Morgan fingerprint density at radius 3 is 2.31 bits per heavy atom. The molecule has 0 fully saturated rings. The lowest BCUT2D eigenvalue weighted by Crippen LogP contribution is -2.17. The van der Waals surface area contributed by atoms with Gasteiger partial charge in [0, 0.05) is 39.4 Å². The van der Waals surface area contributed by atoms with E-state index in [0.717, 1.165) is 22.5 Å². The fourth-order valence-corrected chi connectivity index (χ4v) is 3.36. The number of nitrogens with one attached hydrogen (secondary N) is 2. The first-order valence-electron chi connectivity index (χ1n) is 10.2. The highest BCUT2D eigenvalue weighted by molar-refractivity contribution is 6.35. The Morgan fingerprint density at radius 2 is 1.66 bits per heavy atom. The normalized spacial score (nSPS) is 10.7. The van der Waals surface area contributed by atoms with Crippen molar-refractivity contribution in [3.63, 3.8) is 0 Å². The summed E-state index contributed by atoms with van der Waals surface area (Å²) in [6.45, 7) is 4.65. The quantitative estimate of drug-likeness (QED) is 0.359. The first kappa shape index (κ1) is 23.8. The Labute approximate surface area is 198 Å². The monoisotopic (exact) mass is 472 g/mol. The summed E-state index contributed by atoms with van der Waals surface area (Å²) in [5, 5.41) is 7.40. The summed E-state index contributed by atoms with van der Waals surface area (Å²) >= 11 is 12.2. The van der Waals surface area contributed by atoms with Crippen LogP contribution in [0.4, 0.5) is 11.4 Å². The van der Waals surface area contributed by atoms with Crippen molar-refractivity contribution < 1.29 is 14.3 Å². The van der Waals surface area contributed by atoms with Crippen LogP contribution in [0.5, 0.6) is 11.5 Å². The van der Waals surface area contributed by atoms with Gasteiger partial charge in [0.2, 0.25) is 5.91 Å². The van der Waals surface area contributed by atoms with Gasteiger partial charge in [-0.3, -0.25) is 4.79 Å². The molecule has 0 spiro atoms. The van der Waals surface area contributed by atoms with Crippen LogP contribution in [0.15, 0.2) is 60.7 Å². The van der Waals surface area contributed by atoms with E-state index in [1.807, 2.05) is 62.4 Å². The Hall–Kier alpha value is -2.89. The molecule has 7 heteroatoms. The van der Waals surface area contributed by atoms with Crippen LogP contribution in [0.25, 0.3) is 0 Å². The standard InChI is InChI=1S/C25H26Cl2N2O3/c1-16(2)25(30)29-21-9-7-20(8-10-21)28-14-17-4-11-23(24(12-17)31-3)32-15-18-5-6-19(26)13-22(18)27/h4-13,16,28H,14-15H2,1-3H3,(H,29,30). The zero-order valence-electron chi connectivity index (χ0n) is 18.2. The smallest absolute Gasteiger partial charge is 0.226 e. The molecular weight excluding hydrogens is 447 g/mol. The van der Waals surface area contributed by atoms with Crippen LogP contribution < -0.4 is 20.1 Å². The molecule has 0 aliphatic carbocycles. The van der Waals surface area contributed by atoms with Crippen molar-refractivity contribution in [1.29, 1.82) is 0 Å². The molecule has 0 aliphatic rings. The molecule has 0 radical (unpaired) electrons. The maximum atomic E-state index is 11.8. The van der Waals surface area contributed by atoms with Crippen molar-refractivity contribution >= 4 is 40.5 Å². The fourth-order valence-electron chi connectivity index (χ4n) is 2.90. The molecule has 0 bridgehead atoms. The molecule has 0 saturated heterocycles. The largest absolute Gasteiger partial charge is 0.493 e. The lowest BCUT2D eigenvalue weighted by atomic mass is 10.2. The number of benzene rings is 3. The number of halogens is 2. The number of hydrogen-bond donors (Lipinski definition) is 2. The molecule has 3 aromatic carbocycles. The van der Waals surface area contributed by atoms with Gasteiger partial charge >= 0.3 is 0 Å². The summed E-state index contributed by atoms with van der Waals surface area (Å²) < 4.78 is 11.4. The number of hydrogen-bond acceptors (Lipinski definition) is 4. The number of carbonyl (C=O) groups is 1. The van der Waals surface area contributed by atoms with Gasteiger partial charge in [0.1, 0.15) is 6.61 Å².